The van der Waals surface area contributed by atoms with Crippen molar-refractivity contribution in [1.82, 2.24) is 24.6 Å². The van der Waals surface area contributed by atoms with E-state index in [9.17, 15) is 0 Å². The highest BCUT2D eigenvalue weighted by Gasteiger charge is 2.24. The number of nitrogens with one attached hydrogen (secondary N) is 1. The third-order valence-corrected chi connectivity index (χ3v) is 5.75. The van der Waals surface area contributed by atoms with E-state index >= 15 is 0 Å². The van der Waals surface area contributed by atoms with E-state index in [0.29, 0.717) is 6.61 Å². The minimum absolute atomic E-state index is 0.0610. The smallest absolute Gasteiger partial charge is 0.153 e. The van der Waals surface area contributed by atoms with Crippen LogP contribution in [0.15, 0.2) is 60.8 Å². The predicted octanol–water partition coefficient (Wildman–Crippen LogP) is 3.99. The highest BCUT2D eigenvalue weighted by atomic mass is 16.5. The lowest BCUT2D eigenvalue weighted by atomic mass is 10.1. The Bertz CT molecular complexity index is 1180. The zero-order chi connectivity index (χ0) is 21.2. The molecule has 0 radical (unpaired) electrons. The summed E-state index contributed by atoms with van der Waals surface area (Å²) < 4.78 is 7.93. The van der Waals surface area contributed by atoms with Crippen LogP contribution in [0.5, 0.6) is 0 Å². The molecule has 1 aliphatic heterocycles. The largest absolute Gasteiger partial charge is 0.369 e. The molecular formula is C24H26N6O. The van der Waals surface area contributed by atoms with Crippen LogP contribution in [0.2, 0.25) is 0 Å². The van der Waals surface area contributed by atoms with Gasteiger partial charge in [0, 0.05) is 50.0 Å². The lowest BCUT2D eigenvalue weighted by Crippen LogP contribution is -2.38. The lowest BCUT2D eigenvalue weighted by Gasteiger charge is -2.33. The number of fused-ring (bicyclic) bond motifs is 1. The summed E-state index contributed by atoms with van der Waals surface area (Å²) in [6.45, 7) is 5.28. The second kappa shape index (κ2) is 8.45. The van der Waals surface area contributed by atoms with E-state index in [1.54, 1.807) is 0 Å². The second-order valence-corrected chi connectivity index (χ2v) is 7.95. The molecule has 1 N–H and O–H groups in total. The number of pyridine rings is 2. The zero-order valence-corrected chi connectivity index (χ0v) is 17.8. The quantitative estimate of drug-likeness (QED) is 0.533. The number of aromatic nitrogens is 4. The van der Waals surface area contributed by atoms with Crippen molar-refractivity contribution >= 4 is 22.5 Å². The molecule has 3 aromatic heterocycles. The van der Waals surface area contributed by atoms with Gasteiger partial charge in [0.05, 0.1) is 17.8 Å². The van der Waals surface area contributed by atoms with Gasteiger partial charge in [-0.15, -0.1) is 0 Å². The molecule has 158 valence electrons. The molecule has 0 saturated carbocycles. The van der Waals surface area contributed by atoms with Gasteiger partial charge in [-0.1, -0.05) is 24.3 Å². The van der Waals surface area contributed by atoms with Crippen LogP contribution in [0.25, 0.3) is 10.9 Å². The van der Waals surface area contributed by atoms with Gasteiger partial charge in [-0.25, -0.2) is 4.98 Å². The fraction of sp³-hybridized carbons (Fsp3) is 0.292. The molecule has 7 heteroatoms. The fourth-order valence-corrected chi connectivity index (χ4v) is 4.02. The van der Waals surface area contributed by atoms with Crippen molar-refractivity contribution in [3.63, 3.8) is 0 Å². The lowest BCUT2D eigenvalue weighted by molar-refractivity contribution is -0.0348. The molecule has 0 aliphatic carbocycles. The normalized spacial score (nSPS) is 17.2. The Morgan fingerprint density at radius 1 is 1.10 bits per heavy atom. The van der Waals surface area contributed by atoms with E-state index in [1.165, 1.54) is 10.9 Å². The standard InChI is InChI=1S/C24H26N6O/c1-17-14-24(28-29(17)2)27-23-10-4-9-21(26-23)22-16-30(12-13-31-22)15-18-6-3-8-20-19(18)7-5-11-25-20/h3-11,14,22H,12-13,15-16H2,1-2H3,(H,26,27,28)/t22-/m0/s1. The Kier molecular flexibility index (Phi) is 5.36. The zero-order valence-electron chi connectivity index (χ0n) is 17.8. The van der Waals surface area contributed by atoms with Crippen molar-refractivity contribution in [2.75, 3.05) is 25.0 Å². The molecule has 7 nitrogen and oxygen atoms in total. The summed E-state index contributed by atoms with van der Waals surface area (Å²) in [6.07, 6.45) is 1.78. The minimum Gasteiger partial charge on any atom is -0.369 e. The van der Waals surface area contributed by atoms with Gasteiger partial charge >= 0.3 is 0 Å². The average Bonchev–Trinajstić information content (AvgIpc) is 3.11. The first-order chi connectivity index (χ1) is 15.2. The highest BCUT2D eigenvalue weighted by Crippen LogP contribution is 2.25. The molecule has 4 aromatic rings. The topological polar surface area (TPSA) is 68.1 Å². The van der Waals surface area contributed by atoms with Crippen molar-refractivity contribution in [3.05, 3.63) is 77.7 Å². The van der Waals surface area contributed by atoms with E-state index in [2.05, 4.69) is 44.6 Å². The van der Waals surface area contributed by atoms with Crippen LogP contribution in [-0.4, -0.2) is 44.3 Å². The van der Waals surface area contributed by atoms with Crippen molar-refractivity contribution < 1.29 is 4.74 Å². The Balaban J connectivity index is 1.31. The maximum Gasteiger partial charge on any atom is 0.153 e. The molecule has 5 rings (SSSR count). The van der Waals surface area contributed by atoms with Crippen molar-refractivity contribution in [1.29, 1.82) is 0 Å². The predicted molar refractivity (Wildman–Crippen MR) is 121 cm³/mol. The number of morpholine rings is 1. The van der Waals surface area contributed by atoms with Gasteiger partial charge < -0.3 is 10.1 Å². The van der Waals surface area contributed by atoms with Crippen LogP contribution < -0.4 is 5.32 Å². The summed E-state index contributed by atoms with van der Waals surface area (Å²) in [7, 11) is 1.93. The Morgan fingerprint density at radius 3 is 2.87 bits per heavy atom. The molecule has 1 atom stereocenters. The first-order valence-corrected chi connectivity index (χ1v) is 10.6. The SMILES string of the molecule is Cc1cc(Nc2cccc([C@@H]3CN(Cc4cccc5ncccc45)CCO3)n2)nn1C. The van der Waals surface area contributed by atoms with E-state index in [1.807, 2.05) is 55.2 Å². The van der Waals surface area contributed by atoms with Crippen LogP contribution in [0.4, 0.5) is 11.6 Å². The third kappa shape index (κ3) is 4.28. The molecule has 1 saturated heterocycles. The number of aryl methyl sites for hydroxylation is 2. The summed E-state index contributed by atoms with van der Waals surface area (Å²) in [5.41, 5.74) is 4.35. The highest BCUT2D eigenvalue weighted by molar-refractivity contribution is 5.81. The summed E-state index contributed by atoms with van der Waals surface area (Å²) in [6, 6.07) is 18.5. The summed E-state index contributed by atoms with van der Waals surface area (Å²) in [5, 5.41) is 8.96. The molecule has 0 spiro atoms. The average molecular weight is 415 g/mol. The second-order valence-electron chi connectivity index (χ2n) is 7.95. The summed E-state index contributed by atoms with van der Waals surface area (Å²) in [4.78, 5) is 11.7. The maximum absolute atomic E-state index is 6.08. The number of benzene rings is 1. The van der Waals surface area contributed by atoms with E-state index < -0.39 is 0 Å². The van der Waals surface area contributed by atoms with Crippen LogP contribution in [-0.2, 0) is 18.3 Å². The first-order valence-electron chi connectivity index (χ1n) is 10.6. The molecule has 4 heterocycles. The maximum atomic E-state index is 6.08. The number of hydrogen-bond donors (Lipinski definition) is 1. The van der Waals surface area contributed by atoms with E-state index in [4.69, 9.17) is 9.72 Å². The Hall–Kier alpha value is -3.29. The van der Waals surface area contributed by atoms with Crippen LogP contribution in [0.3, 0.4) is 0 Å². The molecule has 0 unspecified atom stereocenters. The minimum atomic E-state index is -0.0610. The van der Waals surface area contributed by atoms with Gasteiger partial charge in [0.2, 0.25) is 0 Å². The molecule has 1 aliphatic rings. The van der Waals surface area contributed by atoms with Crippen molar-refractivity contribution in [2.24, 2.45) is 7.05 Å². The van der Waals surface area contributed by atoms with Gasteiger partial charge in [0.15, 0.2) is 5.82 Å². The number of hydrogen-bond acceptors (Lipinski definition) is 6. The van der Waals surface area contributed by atoms with E-state index in [0.717, 1.165) is 48.2 Å². The summed E-state index contributed by atoms with van der Waals surface area (Å²) in [5.74, 6) is 1.57. The molecule has 0 amide bonds. The van der Waals surface area contributed by atoms with E-state index in [-0.39, 0.29) is 6.10 Å². The van der Waals surface area contributed by atoms with Gasteiger partial charge in [0.25, 0.3) is 0 Å². The van der Waals surface area contributed by atoms with Crippen LogP contribution in [0.1, 0.15) is 23.1 Å². The van der Waals surface area contributed by atoms with Gasteiger partial charge in [-0.05, 0) is 36.8 Å². The van der Waals surface area contributed by atoms with Gasteiger partial charge in [-0.2, -0.15) is 5.10 Å². The van der Waals surface area contributed by atoms with Gasteiger partial charge in [0.1, 0.15) is 11.9 Å². The van der Waals surface area contributed by atoms with Crippen molar-refractivity contribution in [3.8, 4) is 0 Å². The van der Waals surface area contributed by atoms with Crippen LogP contribution in [0, 0.1) is 6.92 Å². The molecule has 31 heavy (non-hydrogen) atoms. The number of rotatable bonds is 5. The summed E-state index contributed by atoms with van der Waals surface area (Å²) >= 11 is 0. The number of nitrogens with zero attached hydrogens (tertiary/aromatic N) is 5. The first kappa shape index (κ1) is 19.7. The molecular weight excluding hydrogens is 388 g/mol. The number of anilines is 2. The monoisotopic (exact) mass is 414 g/mol. The molecule has 0 bridgehead atoms. The van der Waals surface area contributed by atoms with Gasteiger partial charge in [-0.3, -0.25) is 14.6 Å². The van der Waals surface area contributed by atoms with Crippen molar-refractivity contribution in [2.45, 2.75) is 19.6 Å². The van der Waals surface area contributed by atoms with Crippen LogP contribution >= 0.6 is 0 Å². The molecule has 1 aromatic carbocycles. The number of ether oxygens (including phenoxy) is 1. The molecule has 1 fully saturated rings. The Morgan fingerprint density at radius 2 is 2.00 bits per heavy atom. The Labute approximate surface area is 181 Å². The third-order valence-electron chi connectivity index (χ3n) is 5.75. The fourth-order valence-electron chi connectivity index (χ4n) is 4.02.